The van der Waals surface area contributed by atoms with E-state index < -0.39 is 0 Å². The number of pyridine rings is 2. The minimum Gasteiger partial charge on any atom is -0.300 e. The fourth-order valence-electron chi connectivity index (χ4n) is 3.70. The third kappa shape index (κ3) is 3.40. The summed E-state index contributed by atoms with van der Waals surface area (Å²) < 4.78 is 0. The summed E-state index contributed by atoms with van der Waals surface area (Å²) in [5.74, 6) is 1.08. The summed E-state index contributed by atoms with van der Waals surface area (Å²) >= 11 is 0. The van der Waals surface area contributed by atoms with E-state index in [4.69, 9.17) is 0 Å². The molecule has 1 aliphatic heterocycles. The van der Waals surface area contributed by atoms with Crippen molar-refractivity contribution in [3.05, 3.63) is 65.9 Å². The number of hydrogen-bond acceptors (Lipinski definition) is 4. The third-order valence-electron chi connectivity index (χ3n) is 5.20. The Kier molecular flexibility index (Phi) is 4.90. The molecule has 0 fully saturated rings. The molecule has 0 aliphatic carbocycles. The molecule has 0 bridgehead atoms. The molecule has 1 aliphatic rings. The van der Waals surface area contributed by atoms with Gasteiger partial charge in [-0.15, -0.1) is 0 Å². The minimum absolute atomic E-state index is 0.111. The third-order valence-corrected chi connectivity index (χ3v) is 5.20. The van der Waals surface area contributed by atoms with Crippen LogP contribution in [-0.4, -0.2) is 21.7 Å². The molecule has 1 unspecified atom stereocenters. The van der Waals surface area contributed by atoms with Crippen molar-refractivity contribution in [2.45, 2.75) is 39.2 Å². The van der Waals surface area contributed by atoms with Crippen LogP contribution in [0, 0.1) is 5.92 Å². The molecule has 0 saturated heterocycles. The van der Waals surface area contributed by atoms with Crippen molar-refractivity contribution in [1.82, 2.24) is 9.97 Å². The maximum atomic E-state index is 13.1. The van der Waals surface area contributed by atoms with Gasteiger partial charge in [0.25, 0.3) is 5.91 Å². The number of Topliss-reactive ketones (excluding diaryl/α,β-unsaturated/α-hetero) is 1. The van der Waals surface area contributed by atoms with Gasteiger partial charge in [-0.1, -0.05) is 32.0 Å². The van der Waals surface area contributed by atoms with E-state index in [9.17, 15) is 9.59 Å². The second-order valence-electron chi connectivity index (χ2n) is 7.67. The molecule has 3 aromatic rings. The van der Waals surface area contributed by atoms with Gasteiger partial charge in [0.15, 0.2) is 5.65 Å². The normalized spacial score (nSPS) is 16.0. The highest BCUT2D eigenvalue weighted by atomic mass is 16.2. The number of rotatable bonds is 6. The lowest BCUT2D eigenvalue weighted by Crippen LogP contribution is -2.30. The topological polar surface area (TPSA) is 63.2 Å². The highest BCUT2D eigenvalue weighted by molar-refractivity contribution is 6.11. The summed E-state index contributed by atoms with van der Waals surface area (Å²) in [7, 11) is 0. The molecule has 0 saturated carbocycles. The number of carbonyl (C=O) groups excluding carboxylic acids is 2. The van der Waals surface area contributed by atoms with E-state index >= 15 is 0 Å². The minimum atomic E-state index is -0.322. The van der Waals surface area contributed by atoms with Gasteiger partial charge in [-0.2, -0.15) is 0 Å². The second kappa shape index (κ2) is 7.50. The number of aromatic nitrogens is 2. The number of nitrogens with zero attached hydrogens (tertiary/aromatic N) is 3. The molecule has 2 aromatic heterocycles. The SMILES string of the molecule is CC(C)CCC(=O)CC1c2ccccc2C(=O)N1c1ccc2cccnc2n1. The molecule has 5 heteroatoms. The van der Waals surface area contributed by atoms with Gasteiger partial charge in [0.2, 0.25) is 0 Å². The molecule has 1 atom stereocenters. The molecule has 0 spiro atoms. The highest BCUT2D eigenvalue weighted by Crippen LogP contribution is 2.39. The Morgan fingerprint density at radius 3 is 2.75 bits per heavy atom. The molecule has 1 aromatic carbocycles. The first-order valence-corrected chi connectivity index (χ1v) is 9.70. The van der Waals surface area contributed by atoms with Gasteiger partial charge in [0, 0.05) is 30.0 Å². The summed E-state index contributed by atoms with van der Waals surface area (Å²) in [5, 5.41) is 0.917. The first-order chi connectivity index (χ1) is 13.5. The van der Waals surface area contributed by atoms with Crippen molar-refractivity contribution in [2.75, 3.05) is 4.90 Å². The first-order valence-electron chi connectivity index (χ1n) is 9.70. The van der Waals surface area contributed by atoms with Crippen molar-refractivity contribution in [2.24, 2.45) is 5.92 Å². The van der Waals surface area contributed by atoms with E-state index in [1.807, 2.05) is 48.5 Å². The Morgan fingerprint density at radius 1 is 1.11 bits per heavy atom. The van der Waals surface area contributed by atoms with Crippen LogP contribution in [0.3, 0.4) is 0 Å². The lowest BCUT2D eigenvalue weighted by Gasteiger charge is -2.24. The van der Waals surface area contributed by atoms with Crippen LogP contribution in [0.4, 0.5) is 5.82 Å². The van der Waals surface area contributed by atoms with Crippen LogP contribution in [0.25, 0.3) is 11.0 Å². The van der Waals surface area contributed by atoms with Gasteiger partial charge in [0.1, 0.15) is 11.6 Å². The Bertz CT molecular complexity index is 1040. The number of carbonyl (C=O) groups is 2. The van der Waals surface area contributed by atoms with Crippen LogP contribution in [-0.2, 0) is 4.79 Å². The number of fused-ring (bicyclic) bond motifs is 2. The molecule has 28 heavy (non-hydrogen) atoms. The Hall–Kier alpha value is -3.08. The summed E-state index contributed by atoms with van der Waals surface area (Å²) in [5.41, 5.74) is 2.13. The van der Waals surface area contributed by atoms with E-state index in [1.54, 1.807) is 11.1 Å². The van der Waals surface area contributed by atoms with E-state index in [2.05, 4.69) is 23.8 Å². The highest BCUT2D eigenvalue weighted by Gasteiger charge is 2.39. The average molecular weight is 373 g/mol. The molecule has 1 amide bonds. The van der Waals surface area contributed by atoms with Gasteiger partial charge in [-0.3, -0.25) is 14.5 Å². The van der Waals surface area contributed by atoms with Crippen LogP contribution in [0.1, 0.15) is 55.1 Å². The van der Waals surface area contributed by atoms with Crippen LogP contribution >= 0.6 is 0 Å². The summed E-state index contributed by atoms with van der Waals surface area (Å²) in [4.78, 5) is 36.4. The molecule has 0 N–H and O–H groups in total. The van der Waals surface area contributed by atoms with Crippen LogP contribution < -0.4 is 4.90 Å². The maximum absolute atomic E-state index is 13.1. The van der Waals surface area contributed by atoms with Gasteiger partial charge in [-0.25, -0.2) is 9.97 Å². The standard InChI is InChI=1S/C23H23N3O2/c1-15(2)9-11-17(27)14-20-18-7-3-4-8-19(18)23(28)26(20)21-12-10-16-6-5-13-24-22(16)25-21/h3-8,10,12-13,15,20H,9,11,14H2,1-2H3. The average Bonchev–Trinajstić information content (AvgIpc) is 2.98. The second-order valence-corrected chi connectivity index (χ2v) is 7.67. The van der Waals surface area contributed by atoms with Gasteiger partial charge in [-0.05, 0) is 48.2 Å². The number of ketones is 1. The summed E-state index contributed by atoms with van der Waals surface area (Å²) in [6.07, 6.45) is 3.38. The molecule has 3 heterocycles. The van der Waals surface area contributed by atoms with Crippen molar-refractivity contribution >= 4 is 28.5 Å². The van der Waals surface area contributed by atoms with Crippen LogP contribution in [0.2, 0.25) is 0 Å². The molecular formula is C23H23N3O2. The maximum Gasteiger partial charge on any atom is 0.260 e. The molecule has 142 valence electrons. The Balaban J connectivity index is 1.71. The van der Waals surface area contributed by atoms with Crippen molar-refractivity contribution < 1.29 is 9.59 Å². The van der Waals surface area contributed by atoms with Crippen LogP contribution in [0.15, 0.2) is 54.7 Å². The van der Waals surface area contributed by atoms with E-state index in [1.165, 1.54) is 0 Å². The predicted molar refractivity (Wildman–Crippen MR) is 109 cm³/mol. The van der Waals surface area contributed by atoms with E-state index in [-0.39, 0.29) is 17.7 Å². The van der Waals surface area contributed by atoms with E-state index in [0.29, 0.717) is 35.8 Å². The first kappa shape index (κ1) is 18.3. The van der Waals surface area contributed by atoms with Gasteiger partial charge >= 0.3 is 0 Å². The predicted octanol–water partition coefficient (Wildman–Crippen LogP) is 4.73. The largest absolute Gasteiger partial charge is 0.300 e. The monoisotopic (exact) mass is 373 g/mol. The quantitative estimate of drug-likeness (QED) is 0.627. The van der Waals surface area contributed by atoms with Crippen molar-refractivity contribution in [1.29, 1.82) is 0 Å². The van der Waals surface area contributed by atoms with Gasteiger partial charge in [0.05, 0.1) is 6.04 Å². The number of amides is 1. The van der Waals surface area contributed by atoms with Crippen LogP contribution in [0.5, 0.6) is 0 Å². The van der Waals surface area contributed by atoms with Crippen molar-refractivity contribution in [3.8, 4) is 0 Å². The summed E-state index contributed by atoms with van der Waals surface area (Å²) in [6, 6.07) is 14.7. The zero-order valence-electron chi connectivity index (χ0n) is 16.1. The Morgan fingerprint density at radius 2 is 1.93 bits per heavy atom. The zero-order valence-corrected chi connectivity index (χ0v) is 16.1. The molecule has 5 nitrogen and oxygen atoms in total. The Labute approximate surface area is 164 Å². The van der Waals surface area contributed by atoms with E-state index in [0.717, 1.165) is 17.4 Å². The van der Waals surface area contributed by atoms with Crippen molar-refractivity contribution in [3.63, 3.8) is 0 Å². The number of benzene rings is 1. The zero-order chi connectivity index (χ0) is 19.7. The molecular weight excluding hydrogens is 350 g/mol. The lowest BCUT2D eigenvalue weighted by atomic mass is 9.97. The summed E-state index contributed by atoms with van der Waals surface area (Å²) in [6.45, 7) is 4.22. The number of hydrogen-bond donors (Lipinski definition) is 0. The molecule has 4 rings (SSSR count). The van der Waals surface area contributed by atoms with Gasteiger partial charge < -0.3 is 0 Å². The lowest BCUT2D eigenvalue weighted by molar-refractivity contribution is -0.119. The fourth-order valence-corrected chi connectivity index (χ4v) is 3.70. The smallest absolute Gasteiger partial charge is 0.260 e. The number of anilines is 1. The fraction of sp³-hybridized carbons (Fsp3) is 0.304. The molecule has 0 radical (unpaired) electrons.